The van der Waals surface area contributed by atoms with Crippen molar-refractivity contribution in [2.75, 3.05) is 13.7 Å². The van der Waals surface area contributed by atoms with E-state index in [4.69, 9.17) is 16.3 Å². The molecule has 1 N–H and O–H groups in total. The standard InChI is InChI=1S/C17H22ClNO/c1-19-15(16-13-3-2-4-14(13)16)9-11-8-12(18)7-10-5-6-20-17(10)11/h7-8,13-16,19H,2-6,9H2,1H3. The summed E-state index contributed by atoms with van der Waals surface area (Å²) in [5.41, 5.74) is 2.59. The van der Waals surface area contributed by atoms with Crippen LogP contribution in [0.15, 0.2) is 12.1 Å². The minimum absolute atomic E-state index is 0.581. The Morgan fingerprint density at radius 1 is 1.35 bits per heavy atom. The van der Waals surface area contributed by atoms with Crippen LogP contribution < -0.4 is 10.1 Å². The lowest BCUT2D eigenvalue weighted by Crippen LogP contribution is -2.31. The van der Waals surface area contributed by atoms with E-state index < -0.39 is 0 Å². The summed E-state index contributed by atoms with van der Waals surface area (Å²) in [5, 5.41) is 4.41. The zero-order chi connectivity index (χ0) is 13.7. The van der Waals surface area contributed by atoms with Gasteiger partial charge in [0.2, 0.25) is 0 Å². The number of hydrogen-bond donors (Lipinski definition) is 1. The molecular formula is C17H22ClNO. The van der Waals surface area contributed by atoms with E-state index in [2.05, 4.69) is 24.5 Å². The molecule has 2 fully saturated rings. The van der Waals surface area contributed by atoms with Crippen LogP contribution in [0.4, 0.5) is 0 Å². The van der Waals surface area contributed by atoms with Gasteiger partial charge >= 0.3 is 0 Å². The van der Waals surface area contributed by atoms with Crippen LogP contribution in [0.2, 0.25) is 5.02 Å². The number of nitrogens with one attached hydrogen (secondary N) is 1. The second-order valence-electron chi connectivity index (χ2n) is 6.59. The third-order valence-electron chi connectivity index (χ3n) is 5.57. The van der Waals surface area contributed by atoms with E-state index >= 15 is 0 Å². The lowest BCUT2D eigenvalue weighted by atomic mass is 9.95. The van der Waals surface area contributed by atoms with Crippen molar-refractivity contribution in [2.45, 2.75) is 38.1 Å². The van der Waals surface area contributed by atoms with Gasteiger partial charge in [-0.05, 0) is 67.3 Å². The minimum Gasteiger partial charge on any atom is -0.493 e. The van der Waals surface area contributed by atoms with Gasteiger partial charge in [-0.15, -0.1) is 0 Å². The van der Waals surface area contributed by atoms with Crippen LogP contribution in [0.25, 0.3) is 0 Å². The van der Waals surface area contributed by atoms with Gasteiger partial charge in [-0.25, -0.2) is 0 Å². The zero-order valence-electron chi connectivity index (χ0n) is 12.0. The van der Waals surface area contributed by atoms with Gasteiger partial charge in [0.25, 0.3) is 0 Å². The average molecular weight is 292 g/mol. The SMILES string of the molecule is CNC(Cc1cc(Cl)cc2c1OCC2)C1C2CCCC21. The molecular weight excluding hydrogens is 270 g/mol. The molecule has 3 aliphatic rings. The van der Waals surface area contributed by atoms with Gasteiger partial charge in [-0.2, -0.15) is 0 Å². The Morgan fingerprint density at radius 2 is 2.15 bits per heavy atom. The first kappa shape index (κ1) is 13.0. The van der Waals surface area contributed by atoms with Crippen molar-refractivity contribution in [3.8, 4) is 5.75 Å². The topological polar surface area (TPSA) is 21.3 Å². The maximum atomic E-state index is 6.27. The van der Waals surface area contributed by atoms with Gasteiger partial charge in [0.1, 0.15) is 5.75 Å². The van der Waals surface area contributed by atoms with Gasteiger partial charge in [0.15, 0.2) is 0 Å². The molecule has 0 saturated heterocycles. The Morgan fingerprint density at radius 3 is 2.90 bits per heavy atom. The molecule has 4 rings (SSSR count). The highest BCUT2D eigenvalue weighted by atomic mass is 35.5. The van der Waals surface area contributed by atoms with Crippen LogP contribution in [0, 0.1) is 17.8 Å². The largest absolute Gasteiger partial charge is 0.493 e. The molecule has 1 aromatic carbocycles. The van der Waals surface area contributed by atoms with Crippen molar-refractivity contribution in [3.05, 3.63) is 28.3 Å². The number of likely N-dealkylation sites (N-methyl/N-ethyl adjacent to an activating group) is 1. The number of halogens is 1. The second-order valence-corrected chi connectivity index (χ2v) is 7.02. The molecule has 0 aromatic heterocycles. The summed E-state index contributed by atoms with van der Waals surface area (Å²) in [5.74, 6) is 3.96. The molecule has 2 saturated carbocycles. The number of hydrogen-bond acceptors (Lipinski definition) is 2. The predicted octanol–water partition coefficient (Wildman–Crippen LogP) is 3.45. The maximum absolute atomic E-state index is 6.27. The van der Waals surface area contributed by atoms with Crippen LogP contribution in [0.5, 0.6) is 5.75 Å². The van der Waals surface area contributed by atoms with E-state index in [9.17, 15) is 0 Å². The summed E-state index contributed by atoms with van der Waals surface area (Å²) < 4.78 is 5.84. The molecule has 3 unspecified atom stereocenters. The van der Waals surface area contributed by atoms with E-state index in [1.54, 1.807) is 0 Å². The van der Waals surface area contributed by atoms with Gasteiger partial charge in [0, 0.05) is 17.5 Å². The molecule has 0 bridgehead atoms. The molecule has 1 heterocycles. The highest BCUT2D eigenvalue weighted by Crippen LogP contribution is 2.59. The number of ether oxygens (including phenoxy) is 1. The quantitative estimate of drug-likeness (QED) is 0.917. The van der Waals surface area contributed by atoms with Crippen LogP contribution in [-0.2, 0) is 12.8 Å². The van der Waals surface area contributed by atoms with Crippen LogP contribution >= 0.6 is 11.6 Å². The Hall–Kier alpha value is -0.730. The van der Waals surface area contributed by atoms with E-state index in [0.717, 1.165) is 48.0 Å². The van der Waals surface area contributed by atoms with Gasteiger partial charge < -0.3 is 10.1 Å². The van der Waals surface area contributed by atoms with E-state index in [1.165, 1.54) is 30.4 Å². The Kier molecular flexibility index (Phi) is 3.19. The van der Waals surface area contributed by atoms with Crippen molar-refractivity contribution in [1.29, 1.82) is 0 Å². The van der Waals surface area contributed by atoms with Gasteiger partial charge in [0.05, 0.1) is 6.61 Å². The molecule has 0 spiro atoms. The van der Waals surface area contributed by atoms with E-state index in [0.29, 0.717) is 6.04 Å². The summed E-state index contributed by atoms with van der Waals surface area (Å²) in [7, 11) is 2.10. The third-order valence-corrected chi connectivity index (χ3v) is 5.79. The molecule has 3 atom stereocenters. The molecule has 20 heavy (non-hydrogen) atoms. The Labute approximate surface area is 125 Å². The first-order chi connectivity index (χ1) is 9.78. The zero-order valence-corrected chi connectivity index (χ0v) is 12.7. The molecule has 108 valence electrons. The van der Waals surface area contributed by atoms with Crippen LogP contribution in [0.1, 0.15) is 30.4 Å². The summed E-state index contributed by atoms with van der Waals surface area (Å²) in [6.07, 6.45) is 6.38. The number of rotatable bonds is 4. The lowest BCUT2D eigenvalue weighted by molar-refractivity contribution is 0.349. The minimum atomic E-state index is 0.581. The molecule has 2 nitrogen and oxygen atoms in total. The van der Waals surface area contributed by atoms with E-state index in [1.807, 2.05) is 0 Å². The van der Waals surface area contributed by atoms with Crippen molar-refractivity contribution < 1.29 is 4.74 Å². The molecule has 2 aliphatic carbocycles. The summed E-state index contributed by atoms with van der Waals surface area (Å²) in [4.78, 5) is 0. The highest BCUT2D eigenvalue weighted by molar-refractivity contribution is 6.30. The molecule has 1 aromatic rings. The second kappa shape index (κ2) is 4.92. The summed E-state index contributed by atoms with van der Waals surface area (Å²) >= 11 is 6.27. The normalized spacial score (nSPS) is 31.6. The smallest absolute Gasteiger partial charge is 0.125 e. The lowest BCUT2D eigenvalue weighted by Gasteiger charge is -2.20. The summed E-state index contributed by atoms with van der Waals surface area (Å²) in [6, 6.07) is 4.75. The first-order valence-corrected chi connectivity index (χ1v) is 8.27. The Balaban J connectivity index is 1.56. The highest BCUT2D eigenvalue weighted by Gasteiger charge is 2.55. The van der Waals surface area contributed by atoms with Crippen LogP contribution in [0.3, 0.4) is 0 Å². The van der Waals surface area contributed by atoms with Gasteiger partial charge in [-0.1, -0.05) is 18.0 Å². The summed E-state index contributed by atoms with van der Waals surface area (Å²) in [6.45, 7) is 0.807. The van der Waals surface area contributed by atoms with Crippen molar-refractivity contribution >= 4 is 11.6 Å². The average Bonchev–Trinajstić information content (AvgIpc) is 2.86. The molecule has 1 aliphatic heterocycles. The maximum Gasteiger partial charge on any atom is 0.125 e. The molecule has 0 radical (unpaired) electrons. The number of fused-ring (bicyclic) bond motifs is 2. The van der Waals surface area contributed by atoms with Crippen molar-refractivity contribution in [3.63, 3.8) is 0 Å². The fourth-order valence-electron chi connectivity index (χ4n) is 4.64. The first-order valence-electron chi connectivity index (χ1n) is 7.89. The fraction of sp³-hybridized carbons (Fsp3) is 0.647. The van der Waals surface area contributed by atoms with Crippen molar-refractivity contribution in [1.82, 2.24) is 5.32 Å². The van der Waals surface area contributed by atoms with E-state index in [-0.39, 0.29) is 0 Å². The van der Waals surface area contributed by atoms with Gasteiger partial charge in [-0.3, -0.25) is 0 Å². The molecule has 0 amide bonds. The monoisotopic (exact) mass is 291 g/mol. The van der Waals surface area contributed by atoms with Crippen molar-refractivity contribution in [2.24, 2.45) is 17.8 Å². The number of benzene rings is 1. The molecule has 3 heteroatoms. The van der Waals surface area contributed by atoms with Crippen LogP contribution in [-0.4, -0.2) is 19.7 Å². The predicted molar refractivity (Wildman–Crippen MR) is 81.5 cm³/mol. The fourth-order valence-corrected chi connectivity index (χ4v) is 4.90. The Bertz CT molecular complexity index is 520. The third kappa shape index (κ3) is 2.05.